The molecule has 3 unspecified atom stereocenters. The molecule has 0 bridgehead atoms. The molecule has 1 aliphatic rings. The van der Waals surface area contributed by atoms with Gasteiger partial charge in [-0.3, -0.25) is 0 Å². The molecule has 21 heavy (non-hydrogen) atoms. The van der Waals surface area contributed by atoms with Crippen LogP contribution in [0.25, 0.3) is 0 Å². The lowest BCUT2D eigenvalue weighted by molar-refractivity contribution is -0.274. The van der Waals surface area contributed by atoms with Gasteiger partial charge in [0.2, 0.25) is 0 Å². The van der Waals surface area contributed by atoms with Crippen LogP contribution in [-0.4, -0.2) is 25.1 Å². The van der Waals surface area contributed by atoms with E-state index >= 15 is 0 Å². The highest BCUT2D eigenvalue weighted by Gasteiger charge is 2.31. The van der Waals surface area contributed by atoms with E-state index in [1.165, 1.54) is 12.1 Å². The molecule has 1 aliphatic heterocycles. The number of hydrogen-bond donors (Lipinski definition) is 1. The van der Waals surface area contributed by atoms with Crippen molar-refractivity contribution in [3.63, 3.8) is 0 Å². The number of halogens is 3. The fourth-order valence-corrected chi connectivity index (χ4v) is 2.56. The first kappa shape index (κ1) is 16.1. The third-order valence-electron chi connectivity index (χ3n) is 3.58. The van der Waals surface area contributed by atoms with Crippen LogP contribution in [-0.2, 0) is 4.74 Å². The minimum absolute atomic E-state index is 0.0697. The van der Waals surface area contributed by atoms with Gasteiger partial charge in [0.25, 0.3) is 0 Å². The maximum Gasteiger partial charge on any atom is 0.573 e. The standard InChI is InChI=1S/C15H20F3NO2/c1-10-9-13(7-8-20-10)19-11(2)12-3-5-14(6-4-12)21-15(16,17)18/h3-6,10-11,13,19H,7-9H2,1-2H3. The van der Waals surface area contributed by atoms with Crippen LogP contribution < -0.4 is 10.1 Å². The van der Waals surface area contributed by atoms with Crippen LogP contribution in [0.3, 0.4) is 0 Å². The van der Waals surface area contributed by atoms with Gasteiger partial charge in [-0.15, -0.1) is 13.2 Å². The molecule has 0 aliphatic carbocycles. The Hall–Kier alpha value is -1.27. The van der Waals surface area contributed by atoms with Crippen LogP contribution in [0.4, 0.5) is 13.2 Å². The summed E-state index contributed by atoms with van der Waals surface area (Å²) in [5, 5.41) is 3.49. The summed E-state index contributed by atoms with van der Waals surface area (Å²) in [5.74, 6) is -0.196. The highest BCUT2D eigenvalue weighted by Crippen LogP contribution is 2.25. The fourth-order valence-electron chi connectivity index (χ4n) is 2.56. The molecule has 6 heteroatoms. The molecule has 0 spiro atoms. The fraction of sp³-hybridized carbons (Fsp3) is 0.600. The molecule has 3 atom stereocenters. The lowest BCUT2D eigenvalue weighted by atomic mass is 10.0. The quantitative estimate of drug-likeness (QED) is 0.917. The van der Waals surface area contributed by atoms with Crippen molar-refractivity contribution in [2.24, 2.45) is 0 Å². The van der Waals surface area contributed by atoms with Crippen molar-refractivity contribution in [2.75, 3.05) is 6.61 Å². The summed E-state index contributed by atoms with van der Waals surface area (Å²) in [6, 6.07) is 6.43. The summed E-state index contributed by atoms with van der Waals surface area (Å²) in [6.07, 6.45) is -2.52. The highest BCUT2D eigenvalue weighted by molar-refractivity contribution is 5.29. The topological polar surface area (TPSA) is 30.5 Å². The van der Waals surface area contributed by atoms with Gasteiger partial charge in [0.1, 0.15) is 5.75 Å². The lowest BCUT2D eigenvalue weighted by Gasteiger charge is -2.30. The van der Waals surface area contributed by atoms with E-state index in [9.17, 15) is 13.2 Å². The molecule has 1 N–H and O–H groups in total. The van der Waals surface area contributed by atoms with E-state index in [2.05, 4.69) is 10.1 Å². The Morgan fingerprint density at radius 1 is 1.29 bits per heavy atom. The van der Waals surface area contributed by atoms with Gasteiger partial charge in [0.05, 0.1) is 6.10 Å². The molecule has 2 rings (SSSR count). The third kappa shape index (κ3) is 5.21. The normalized spacial score (nSPS) is 24.6. The lowest BCUT2D eigenvalue weighted by Crippen LogP contribution is -2.39. The molecule has 1 aromatic carbocycles. The molecule has 1 heterocycles. The average molecular weight is 303 g/mol. The number of ether oxygens (including phenoxy) is 2. The molecule has 1 saturated heterocycles. The minimum atomic E-state index is -4.65. The van der Waals surface area contributed by atoms with Crippen molar-refractivity contribution in [1.29, 1.82) is 0 Å². The number of hydrogen-bond acceptors (Lipinski definition) is 3. The molecule has 1 aromatic rings. The van der Waals surface area contributed by atoms with Crippen molar-refractivity contribution in [3.8, 4) is 5.75 Å². The van der Waals surface area contributed by atoms with Crippen LogP contribution in [0.1, 0.15) is 38.3 Å². The number of rotatable bonds is 4. The van der Waals surface area contributed by atoms with Crippen molar-refractivity contribution in [2.45, 2.75) is 51.2 Å². The Kier molecular flexibility index (Phi) is 5.11. The molecule has 3 nitrogen and oxygen atoms in total. The van der Waals surface area contributed by atoms with Gasteiger partial charge in [-0.25, -0.2) is 0 Å². The van der Waals surface area contributed by atoms with Gasteiger partial charge >= 0.3 is 6.36 Å². The van der Waals surface area contributed by atoms with Crippen LogP contribution in [0, 0.1) is 0 Å². The van der Waals surface area contributed by atoms with Crippen LogP contribution in [0.5, 0.6) is 5.75 Å². The van der Waals surface area contributed by atoms with Gasteiger partial charge in [-0.2, -0.15) is 0 Å². The maximum absolute atomic E-state index is 12.1. The van der Waals surface area contributed by atoms with Crippen LogP contribution >= 0.6 is 0 Å². The van der Waals surface area contributed by atoms with Crippen molar-refractivity contribution in [3.05, 3.63) is 29.8 Å². The van der Waals surface area contributed by atoms with E-state index < -0.39 is 6.36 Å². The summed E-state index contributed by atoms with van der Waals surface area (Å²) in [4.78, 5) is 0. The van der Waals surface area contributed by atoms with Gasteiger partial charge < -0.3 is 14.8 Å². The average Bonchev–Trinajstić information content (AvgIpc) is 2.37. The molecule has 0 radical (unpaired) electrons. The first-order chi connectivity index (χ1) is 9.83. The van der Waals surface area contributed by atoms with Crippen molar-refractivity contribution in [1.82, 2.24) is 5.32 Å². The van der Waals surface area contributed by atoms with Gasteiger partial charge in [0, 0.05) is 18.7 Å². The predicted molar refractivity (Wildman–Crippen MR) is 73.1 cm³/mol. The van der Waals surface area contributed by atoms with E-state index in [4.69, 9.17) is 4.74 Å². The van der Waals surface area contributed by atoms with E-state index in [1.54, 1.807) is 12.1 Å². The maximum atomic E-state index is 12.1. The second-order valence-electron chi connectivity index (χ2n) is 5.41. The van der Waals surface area contributed by atoms with Crippen LogP contribution in [0.15, 0.2) is 24.3 Å². The molecule has 0 saturated carbocycles. The number of alkyl halides is 3. The molecule has 118 valence electrons. The smallest absolute Gasteiger partial charge is 0.406 e. The largest absolute Gasteiger partial charge is 0.573 e. The van der Waals surface area contributed by atoms with Gasteiger partial charge in [0.15, 0.2) is 0 Å². The summed E-state index contributed by atoms with van der Waals surface area (Å²) in [5.41, 5.74) is 0.934. The van der Waals surface area contributed by atoms with E-state index in [0.717, 1.165) is 25.0 Å². The second kappa shape index (κ2) is 6.66. The zero-order valence-electron chi connectivity index (χ0n) is 12.1. The SMILES string of the molecule is CC1CC(NC(C)c2ccc(OC(F)(F)F)cc2)CCO1. The van der Waals surface area contributed by atoms with Gasteiger partial charge in [-0.05, 0) is 44.4 Å². The zero-order valence-corrected chi connectivity index (χ0v) is 12.1. The zero-order chi connectivity index (χ0) is 15.5. The van der Waals surface area contributed by atoms with Gasteiger partial charge in [-0.1, -0.05) is 12.1 Å². The molecule has 0 amide bonds. The third-order valence-corrected chi connectivity index (χ3v) is 3.58. The Morgan fingerprint density at radius 2 is 1.95 bits per heavy atom. The molecule has 0 aromatic heterocycles. The van der Waals surface area contributed by atoms with E-state index in [0.29, 0.717) is 6.04 Å². The summed E-state index contributed by atoms with van der Waals surface area (Å²) >= 11 is 0. The summed E-state index contributed by atoms with van der Waals surface area (Å²) in [6.45, 7) is 4.78. The van der Waals surface area contributed by atoms with Crippen LogP contribution in [0.2, 0.25) is 0 Å². The Balaban J connectivity index is 1.91. The predicted octanol–water partition coefficient (Wildman–Crippen LogP) is 3.80. The summed E-state index contributed by atoms with van der Waals surface area (Å²) in [7, 11) is 0. The Bertz CT molecular complexity index is 447. The van der Waals surface area contributed by atoms with Crippen molar-refractivity contribution >= 4 is 0 Å². The minimum Gasteiger partial charge on any atom is -0.406 e. The molecular formula is C15H20F3NO2. The van der Waals surface area contributed by atoms with Crippen molar-refractivity contribution < 1.29 is 22.6 Å². The molecule has 1 fully saturated rings. The molecular weight excluding hydrogens is 283 g/mol. The van der Waals surface area contributed by atoms with E-state index in [1.807, 2.05) is 13.8 Å². The monoisotopic (exact) mass is 303 g/mol. The van der Waals surface area contributed by atoms with E-state index in [-0.39, 0.29) is 17.9 Å². The summed E-state index contributed by atoms with van der Waals surface area (Å²) < 4.78 is 45.7. The first-order valence-electron chi connectivity index (χ1n) is 7.07. The highest BCUT2D eigenvalue weighted by atomic mass is 19.4. The number of nitrogens with one attached hydrogen (secondary N) is 1. The number of benzene rings is 1. The Morgan fingerprint density at radius 3 is 2.52 bits per heavy atom. The Labute approximate surface area is 122 Å². The second-order valence-corrected chi connectivity index (χ2v) is 5.41. The first-order valence-corrected chi connectivity index (χ1v) is 7.07.